The fourth-order valence-electron chi connectivity index (χ4n) is 5.15. The van der Waals surface area contributed by atoms with Crippen LogP contribution in [0.15, 0.2) is 10.6 Å². The van der Waals surface area contributed by atoms with Gasteiger partial charge in [0.2, 0.25) is 17.4 Å². The molecule has 4 amide bonds. The zero-order valence-electron chi connectivity index (χ0n) is 16.7. The van der Waals surface area contributed by atoms with E-state index in [2.05, 4.69) is 15.8 Å². The predicted octanol–water partition coefficient (Wildman–Crippen LogP) is 1.88. The summed E-state index contributed by atoms with van der Waals surface area (Å²) in [5, 5.41) is 6.47. The summed E-state index contributed by atoms with van der Waals surface area (Å²) in [6.07, 6.45) is -6.57. The van der Waals surface area contributed by atoms with Crippen molar-refractivity contribution in [3.63, 3.8) is 0 Å². The Morgan fingerprint density at radius 3 is 2.47 bits per heavy atom. The molecule has 3 aliphatic rings. The Balaban J connectivity index is 1.79. The molecule has 3 atom stereocenters. The zero-order valence-corrected chi connectivity index (χ0v) is 16.7. The van der Waals surface area contributed by atoms with E-state index in [-0.39, 0.29) is 17.8 Å². The molecule has 0 aliphatic carbocycles. The molecule has 2 aromatic rings. The van der Waals surface area contributed by atoms with Crippen LogP contribution in [0.4, 0.5) is 28.0 Å². The number of hydrogen-bond acceptors (Lipinski definition) is 7. The molecule has 0 radical (unpaired) electrons. The monoisotopic (exact) mass is 456 g/mol. The van der Waals surface area contributed by atoms with Gasteiger partial charge in [-0.25, -0.2) is 9.18 Å². The van der Waals surface area contributed by atoms with Gasteiger partial charge in [-0.1, -0.05) is 5.16 Å². The van der Waals surface area contributed by atoms with E-state index >= 15 is 4.39 Å². The van der Waals surface area contributed by atoms with Gasteiger partial charge < -0.3 is 14.2 Å². The normalized spacial score (nSPS) is 27.2. The van der Waals surface area contributed by atoms with Gasteiger partial charge in [0.15, 0.2) is 16.9 Å². The van der Waals surface area contributed by atoms with Gasteiger partial charge >= 0.3 is 12.2 Å². The minimum atomic E-state index is -4.91. The van der Waals surface area contributed by atoms with Crippen molar-refractivity contribution in [2.24, 2.45) is 5.41 Å². The smallest absolute Gasteiger partial charge is 0.372 e. The van der Waals surface area contributed by atoms with E-state index in [4.69, 9.17) is 9.26 Å². The van der Waals surface area contributed by atoms with Crippen LogP contribution in [0.1, 0.15) is 25.1 Å². The summed E-state index contributed by atoms with van der Waals surface area (Å²) in [7, 11) is 0. The van der Waals surface area contributed by atoms with Gasteiger partial charge in [0, 0.05) is 13.0 Å². The summed E-state index contributed by atoms with van der Waals surface area (Å²) in [6, 6.07) is -1.01. The van der Waals surface area contributed by atoms with Crippen molar-refractivity contribution in [2.45, 2.75) is 44.7 Å². The summed E-state index contributed by atoms with van der Waals surface area (Å²) in [6.45, 7) is 3.34. The van der Waals surface area contributed by atoms with Crippen molar-refractivity contribution in [3.8, 4) is 0 Å². The van der Waals surface area contributed by atoms with Crippen molar-refractivity contribution in [1.82, 2.24) is 15.8 Å². The molecule has 5 rings (SSSR count). The van der Waals surface area contributed by atoms with Gasteiger partial charge in [-0.2, -0.15) is 13.2 Å². The fraction of sp³-hybridized carbons (Fsp3) is 0.474. The molecule has 1 spiro atoms. The average Bonchev–Trinajstić information content (AvgIpc) is 3.10. The van der Waals surface area contributed by atoms with Crippen molar-refractivity contribution < 1.29 is 41.2 Å². The number of amides is 4. The molecule has 170 valence electrons. The third kappa shape index (κ3) is 2.60. The van der Waals surface area contributed by atoms with Gasteiger partial charge in [-0.3, -0.25) is 20.2 Å². The lowest BCUT2D eigenvalue weighted by Crippen LogP contribution is -2.75. The second kappa shape index (κ2) is 6.40. The number of urea groups is 1. The van der Waals surface area contributed by atoms with Crippen LogP contribution in [0.2, 0.25) is 0 Å². The van der Waals surface area contributed by atoms with E-state index in [9.17, 15) is 27.6 Å². The number of morpholine rings is 1. The molecule has 9 nitrogen and oxygen atoms in total. The molecule has 1 aromatic heterocycles. The summed E-state index contributed by atoms with van der Waals surface area (Å²) < 4.78 is 66.1. The molecule has 1 aromatic carbocycles. The van der Waals surface area contributed by atoms with Gasteiger partial charge in [-0.05, 0) is 25.5 Å². The van der Waals surface area contributed by atoms with Crippen LogP contribution in [-0.2, 0) is 26.9 Å². The summed E-state index contributed by atoms with van der Waals surface area (Å²) >= 11 is 0. The number of nitrogens with zero attached hydrogens (tertiary/aromatic N) is 2. The second-order valence-corrected chi connectivity index (χ2v) is 8.24. The van der Waals surface area contributed by atoms with Crippen LogP contribution in [-0.4, -0.2) is 47.8 Å². The number of carbonyl (C=O) groups is 3. The Morgan fingerprint density at radius 2 is 1.84 bits per heavy atom. The Labute approximate surface area is 177 Å². The number of fused-ring (bicyclic) bond motifs is 5. The lowest BCUT2D eigenvalue weighted by Gasteiger charge is -2.55. The number of ether oxygens (including phenoxy) is 1. The van der Waals surface area contributed by atoms with E-state index in [0.717, 1.165) is 6.07 Å². The standard InChI is InChI=1S/C19H16F4N4O5/c1-6-5-27-11-8(3-9-12(10(11)20)32-26-13(9)19(21,22)23)4-18(14(27)7(2)31-6)15(28)24-17(30)25-16(18)29/h3,6-7,14H,4-5H2,1-2H3,(H2,24,25,28,29,30). The summed E-state index contributed by atoms with van der Waals surface area (Å²) in [5.41, 5.74) is -4.12. The third-order valence-corrected chi connectivity index (χ3v) is 6.23. The first-order valence-corrected chi connectivity index (χ1v) is 9.72. The van der Waals surface area contributed by atoms with Crippen LogP contribution in [0.5, 0.6) is 0 Å². The van der Waals surface area contributed by atoms with Gasteiger partial charge in [0.05, 0.1) is 29.3 Å². The lowest BCUT2D eigenvalue weighted by atomic mass is 9.66. The molecule has 3 unspecified atom stereocenters. The molecule has 32 heavy (non-hydrogen) atoms. The van der Waals surface area contributed by atoms with E-state index < -0.39 is 76.6 Å². The SMILES string of the molecule is CC1CN2c3c(cc4c(C(F)(F)F)noc4c3F)CC3(C(=O)NC(=O)NC3=O)C2C(C)O1. The summed E-state index contributed by atoms with van der Waals surface area (Å²) in [4.78, 5) is 39.2. The molecule has 0 bridgehead atoms. The molecule has 0 saturated carbocycles. The number of imide groups is 2. The van der Waals surface area contributed by atoms with Crippen molar-refractivity contribution in [1.29, 1.82) is 0 Å². The Morgan fingerprint density at radius 1 is 1.19 bits per heavy atom. The van der Waals surface area contributed by atoms with Crippen LogP contribution in [0.25, 0.3) is 11.0 Å². The second-order valence-electron chi connectivity index (χ2n) is 8.24. The maximum atomic E-state index is 15.6. The van der Waals surface area contributed by atoms with E-state index in [1.54, 1.807) is 13.8 Å². The quantitative estimate of drug-likeness (QED) is 0.460. The molecule has 13 heteroatoms. The number of carbonyl (C=O) groups excluding carboxylic acids is 3. The van der Waals surface area contributed by atoms with Crippen LogP contribution < -0.4 is 15.5 Å². The lowest BCUT2D eigenvalue weighted by molar-refractivity contribution is -0.153. The minimum absolute atomic E-state index is 0.0131. The highest BCUT2D eigenvalue weighted by atomic mass is 19.4. The number of aromatic nitrogens is 1. The highest BCUT2D eigenvalue weighted by Gasteiger charge is 2.63. The van der Waals surface area contributed by atoms with E-state index in [0.29, 0.717) is 0 Å². The number of anilines is 1. The molecular formula is C19H16F4N4O5. The number of benzene rings is 1. The predicted molar refractivity (Wildman–Crippen MR) is 97.9 cm³/mol. The number of rotatable bonds is 0. The Kier molecular flexibility index (Phi) is 4.14. The molecule has 2 saturated heterocycles. The number of nitrogens with one attached hydrogen (secondary N) is 2. The fourth-order valence-corrected chi connectivity index (χ4v) is 5.15. The maximum Gasteiger partial charge on any atom is 0.437 e. The van der Waals surface area contributed by atoms with Gasteiger partial charge in [-0.15, -0.1) is 0 Å². The summed E-state index contributed by atoms with van der Waals surface area (Å²) in [5.74, 6) is -2.94. The first-order valence-electron chi connectivity index (χ1n) is 9.72. The van der Waals surface area contributed by atoms with E-state index in [1.165, 1.54) is 4.90 Å². The van der Waals surface area contributed by atoms with Crippen molar-refractivity contribution >= 4 is 34.5 Å². The Hall–Kier alpha value is -3.22. The molecular weight excluding hydrogens is 440 g/mol. The van der Waals surface area contributed by atoms with Crippen LogP contribution >= 0.6 is 0 Å². The van der Waals surface area contributed by atoms with Gasteiger partial charge in [0.1, 0.15) is 0 Å². The van der Waals surface area contributed by atoms with Crippen LogP contribution in [0, 0.1) is 11.2 Å². The highest BCUT2D eigenvalue weighted by Crippen LogP contribution is 2.50. The van der Waals surface area contributed by atoms with Crippen molar-refractivity contribution in [3.05, 3.63) is 23.1 Å². The maximum absolute atomic E-state index is 15.6. The van der Waals surface area contributed by atoms with Crippen molar-refractivity contribution in [2.75, 3.05) is 11.4 Å². The topological polar surface area (TPSA) is 114 Å². The number of hydrogen-bond donors (Lipinski definition) is 2. The molecule has 2 fully saturated rings. The van der Waals surface area contributed by atoms with Gasteiger partial charge in [0.25, 0.3) is 0 Å². The zero-order chi connectivity index (χ0) is 23.2. The van der Waals surface area contributed by atoms with E-state index in [1.807, 2.05) is 0 Å². The molecule has 2 N–H and O–H groups in total. The highest BCUT2D eigenvalue weighted by molar-refractivity contribution is 6.20. The minimum Gasteiger partial charge on any atom is -0.372 e. The first kappa shape index (κ1) is 20.7. The van der Waals surface area contributed by atoms with Crippen LogP contribution in [0.3, 0.4) is 0 Å². The third-order valence-electron chi connectivity index (χ3n) is 6.23. The number of halogens is 4. The first-order chi connectivity index (χ1) is 14.9. The number of alkyl halides is 3. The molecule has 4 heterocycles. The number of barbiturate groups is 1. The largest absolute Gasteiger partial charge is 0.437 e. The average molecular weight is 456 g/mol. The molecule has 3 aliphatic heterocycles. The Bertz CT molecular complexity index is 1170.